The Hall–Kier alpha value is 0.0300. The summed E-state index contributed by atoms with van der Waals surface area (Å²) >= 11 is 1.74. The van der Waals surface area contributed by atoms with E-state index in [1.807, 2.05) is 6.26 Å². The van der Waals surface area contributed by atoms with Crippen molar-refractivity contribution < 1.29 is 9.53 Å². The molecule has 1 unspecified atom stereocenters. The van der Waals surface area contributed by atoms with E-state index in [1.54, 1.807) is 11.8 Å². The molecular weight excluding hydrogens is 236 g/mol. The van der Waals surface area contributed by atoms with Crippen molar-refractivity contribution >= 4 is 30.1 Å². The van der Waals surface area contributed by atoms with Gasteiger partial charge in [0.25, 0.3) is 5.91 Å². The first kappa shape index (κ1) is 15.0. The summed E-state index contributed by atoms with van der Waals surface area (Å²) in [5, 5.41) is 6.46. The Morgan fingerprint density at radius 3 is 3.00 bits per heavy atom. The summed E-state index contributed by atoms with van der Waals surface area (Å²) in [5.41, 5.74) is 0. The Kier molecular flexibility index (Phi) is 8.23. The highest BCUT2D eigenvalue weighted by Gasteiger charge is 2.21. The largest absolute Gasteiger partial charge is 0.366 e. The lowest BCUT2D eigenvalue weighted by atomic mass is 10.3. The second-order valence-corrected chi connectivity index (χ2v) is 4.63. The average molecular weight is 255 g/mol. The van der Waals surface area contributed by atoms with Crippen LogP contribution in [0.2, 0.25) is 0 Å². The highest BCUT2D eigenvalue weighted by molar-refractivity contribution is 7.99. The first-order valence-electron chi connectivity index (χ1n) is 4.87. The number of thioether (sulfide) groups is 1. The van der Waals surface area contributed by atoms with Crippen molar-refractivity contribution in [3.05, 3.63) is 0 Å². The predicted molar refractivity (Wildman–Crippen MR) is 65.8 cm³/mol. The van der Waals surface area contributed by atoms with Crippen LogP contribution < -0.4 is 10.6 Å². The van der Waals surface area contributed by atoms with E-state index in [9.17, 15) is 4.79 Å². The van der Waals surface area contributed by atoms with Gasteiger partial charge in [0.05, 0.1) is 6.61 Å². The van der Waals surface area contributed by atoms with Gasteiger partial charge in [0, 0.05) is 24.9 Å². The van der Waals surface area contributed by atoms with Crippen LogP contribution in [0.15, 0.2) is 0 Å². The Labute approximate surface area is 101 Å². The molecule has 6 heteroatoms. The lowest BCUT2D eigenvalue weighted by molar-refractivity contribution is -0.134. The van der Waals surface area contributed by atoms with Crippen LogP contribution in [-0.4, -0.2) is 49.8 Å². The lowest BCUT2D eigenvalue weighted by Gasteiger charge is -2.23. The van der Waals surface area contributed by atoms with Crippen LogP contribution >= 0.6 is 24.2 Å². The van der Waals surface area contributed by atoms with Crippen LogP contribution in [0, 0.1) is 0 Å². The van der Waals surface area contributed by atoms with Crippen molar-refractivity contribution in [3.8, 4) is 0 Å². The van der Waals surface area contributed by atoms with Crippen molar-refractivity contribution in [1.29, 1.82) is 0 Å². The van der Waals surface area contributed by atoms with Crippen molar-refractivity contribution in [3.63, 3.8) is 0 Å². The first-order chi connectivity index (χ1) is 6.74. The van der Waals surface area contributed by atoms with Gasteiger partial charge in [-0.15, -0.1) is 12.4 Å². The molecule has 2 atom stereocenters. The van der Waals surface area contributed by atoms with E-state index in [0.29, 0.717) is 24.9 Å². The van der Waals surface area contributed by atoms with Crippen molar-refractivity contribution in [2.24, 2.45) is 0 Å². The fourth-order valence-corrected chi connectivity index (χ4v) is 1.43. The number of carbonyl (C=O) groups excluding carboxylic acids is 1. The summed E-state index contributed by atoms with van der Waals surface area (Å²) in [6.45, 7) is 4.88. The summed E-state index contributed by atoms with van der Waals surface area (Å²) in [6, 6.07) is 0. The number of amides is 1. The number of carbonyl (C=O) groups is 1. The minimum absolute atomic E-state index is 0. The SMILES string of the molecule is CSC(C)CNC(=O)[C@H]1CNCCO1.Cl. The molecule has 0 aromatic heterocycles. The third-order valence-corrected chi connectivity index (χ3v) is 3.16. The Morgan fingerprint density at radius 1 is 1.73 bits per heavy atom. The van der Waals surface area contributed by atoms with Gasteiger partial charge in [-0.25, -0.2) is 0 Å². The normalized spacial score (nSPS) is 22.7. The summed E-state index contributed by atoms with van der Waals surface area (Å²) in [5.74, 6) is -0.00176. The van der Waals surface area contributed by atoms with Crippen LogP contribution in [0.1, 0.15) is 6.92 Å². The van der Waals surface area contributed by atoms with E-state index in [0.717, 1.165) is 6.54 Å². The Morgan fingerprint density at radius 2 is 2.47 bits per heavy atom. The molecule has 1 saturated heterocycles. The third kappa shape index (κ3) is 5.61. The Bertz CT molecular complexity index is 189. The van der Waals surface area contributed by atoms with Crippen LogP contribution in [0.25, 0.3) is 0 Å². The zero-order chi connectivity index (χ0) is 10.4. The molecule has 0 aliphatic carbocycles. The predicted octanol–water partition coefficient (Wildman–Crippen LogP) is 0.264. The molecule has 4 nitrogen and oxygen atoms in total. The maximum atomic E-state index is 11.5. The third-order valence-electron chi connectivity index (χ3n) is 2.19. The van der Waals surface area contributed by atoms with Gasteiger partial charge >= 0.3 is 0 Å². The number of morpholine rings is 1. The minimum Gasteiger partial charge on any atom is -0.366 e. The number of nitrogens with one attached hydrogen (secondary N) is 2. The maximum Gasteiger partial charge on any atom is 0.250 e. The lowest BCUT2D eigenvalue weighted by Crippen LogP contribution is -2.48. The molecule has 1 heterocycles. The second kappa shape index (κ2) is 8.21. The summed E-state index contributed by atoms with van der Waals surface area (Å²) in [6.07, 6.45) is 1.73. The van der Waals surface area contributed by atoms with Crippen LogP contribution in [0.4, 0.5) is 0 Å². The molecule has 1 fully saturated rings. The van der Waals surface area contributed by atoms with E-state index < -0.39 is 0 Å². The second-order valence-electron chi connectivity index (χ2n) is 3.36. The maximum absolute atomic E-state index is 11.5. The average Bonchev–Trinajstić information content (AvgIpc) is 2.26. The number of rotatable bonds is 4. The molecule has 0 saturated carbocycles. The number of hydrogen-bond donors (Lipinski definition) is 2. The molecule has 90 valence electrons. The fraction of sp³-hybridized carbons (Fsp3) is 0.889. The molecule has 1 aliphatic heterocycles. The van der Waals surface area contributed by atoms with Crippen LogP contribution in [0.3, 0.4) is 0 Å². The van der Waals surface area contributed by atoms with Gasteiger partial charge in [-0.05, 0) is 6.26 Å². The quantitative estimate of drug-likeness (QED) is 0.756. The number of halogens is 1. The molecule has 0 aromatic carbocycles. The molecule has 2 N–H and O–H groups in total. The zero-order valence-electron chi connectivity index (χ0n) is 9.12. The standard InChI is InChI=1S/C9H18N2O2S.ClH/c1-7(14-2)5-11-9(12)8-6-10-3-4-13-8;/h7-8,10H,3-6H2,1-2H3,(H,11,12);1H/t7?,8-;/m1./s1. The van der Waals surface area contributed by atoms with Gasteiger partial charge in [0.1, 0.15) is 6.10 Å². The molecule has 1 rings (SSSR count). The van der Waals surface area contributed by atoms with Gasteiger partial charge in [0.2, 0.25) is 0 Å². The van der Waals surface area contributed by atoms with Gasteiger partial charge in [-0.3, -0.25) is 4.79 Å². The molecule has 0 bridgehead atoms. The highest BCUT2D eigenvalue weighted by atomic mass is 35.5. The first-order valence-corrected chi connectivity index (χ1v) is 6.15. The molecule has 0 aromatic rings. The molecule has 1 aliphatic rings. The van der Waals surface area contributed by atoms with E-state index in [1.165, 1.54) is 0 Å². The van der Waals surface area contributed by atoms with Crippen molar-refractivity contribution in [1.82, 2.24) is 10.6 Å². The van der Waals surface area contributed by atoms with E-state index in [4.69, 9.17) is 4.74 Å². The summed E-state index contributed by atoms with van der Waals surface area (Å²) in [4.78, 5) is 11.5. The topological polar surface area (TPSA) is 50.4 Å². The minimum atomic E-state index is -0.308. The van der Waals surface area contributed by atoms with Crippen LogP contribution in [-0.2, 0) is 9.53 Å². The summed E-state index contributed by atoms with van der Waals surface area (Å²) in [7, 11) is 0. The molecule has 0 radical (unpaired) electrons. The monoisotopic (exact) mass is 254 g/mol. The van der Waals surface area contributed by atoms with Crippen molar-refractivity contribution in [2.45, 2.75) is 18.3 Å². The van der Waals surface area contributed by atoms with Gasteiger partial charge in [0.15, 0.2) is 0 Å². The smallest absolute Gasteiger partial charge is 0.250 e. The van der Waals surface area contributed by atoms with Gasteiger partial charge < -0.3 is 15.4 Å². The molecule has 1 amide bonds. The van der Waals surface area contributed by atoms with Gasteiger partial charge in [-0.1, -0.05) is 6.92 Å². The summed E-state index contributed by atoms with van der Waals surface area (Å²) < 4.78 is 5.32. The fourth-order valence-electron chi connectivity index (χ4n) is 1.18. The number of hydrogen-bond acceptors (Lipinski definition) is 4. The van der Waals surface area contributed by atoms with E-state index in [-0.39, 0.29) is 24.4 Å². The molecule has 15 heavy (non-hydrogen) atoms. The highest BCUT2D eigenvalue weighted by Crippen LogP contribution is 2.03. The van der Waals surface area contributed by atoms with E-state index in [2.05, 4.69) is 17.6 Å². The number of ether oxygens (including phenoxy) is 1. The molecule has 0 spiro atoms. The van der Waals surface area contributed by atoms with Crippen molar-refractivity contribution in [2.75, 3.05) is 32.5 Å². The Balaban J connectivity index is 0.00000196. The molecular formula is C9H19ClN2O2S. The van der Waals surface area contributed by atoms with E-state index >= 15 is 0 Å². The zero-order valence-corrected chi connectivity index (χ0v) is 10.7. The van der Waals surface area contributed by atoms with Crippen LogP contribution in [0.5, 0.6) is 0 Å². The van der Waals surface area contributed by atoms with Gasteiger partial charge in [-0.2, -0.15) is 11.8 Å².